The monoisotopic (exact) mass is 296 g/mol. The maximum Gasteiger partial charge on any atom is 0.231 e. The number of anilines is 3. The second kappa shape index (κ2) is 7.25. The Labute approximate surface area is 132 Å². The zero-order valence-electron chi connectivity index (χ0n) is 13.3. The summed E-state index contributed by atoms with van der Waals surface area (Å²) in [6.07, 6.45) is 7.81. The molecular weight excluding hydrogens is 272 g/mol. The molecule has 0 amide bonds. The van der Waals surface area contributed by atoms with E-state index in [4.69, 9.17) is 4.98 Å². The molecule has 4 nitrogen and oxygen atoms in total. The third-order valence-electron chi connectivity index (χ3n) is 4.08. The standard InChI is InChI=1S/C18H24N4/c1-2-3-6-12-19-17-11-13-20-18(21-17)22-14-7-9-15-8-4-5-10-16(15)22/h4-5,8,10-11,13H,2-3,6-7,9,12,14H2,1H3,(H,19,20,21). The van der Waals surface area contributed by atoms with Crippen molar-refractivity contribution in [3.63, 3.8) is 0 Å². The number of fused-ring (bicyclic) bond motifs is 1. The summed E-state index contributed by atoms with van der Waals surface area (Å²) in [7, 11) is 0. The summed E-state index contributed by atoms with van der Waals surface area (Å²) in [6.45, 7) is 4.17. The molecule has 0 fully saturated rings. The molecule has 2 aromatic rings. The van der Waals surface area contributed by atoms with Crippen LogP contribution < -0.4 is 10.2 Å². The Kier molecular flexibility index (Phi) is 4.88. The van der Waals surface area contributed by atoms with Gasteiger partial charge in [-0.1, -0.05) is 38.0 Å². The number of aromatic nitrogens is 2. The molecule has 4 heteroatoms. The molecule has 1 aromatic carbocycles. The molecule has 1 N–H and O–H groups in total. The highest BCUT2D eigenvalue weighted by Gasteiger charge is 2.19. The number of hydrogen-bond acceptors (Lipinski definition) is 4. The van der Waals surface area contributed by atoms with Crippen molar-refractivity contribution in [2.75, 3.05) is 23.3 Å². The minimum atomic E-state index is 0.799. The van der Waals surface area contributed by atoms with Crippen LogP contribution in [0.2, 0.25) is 0 Å². The van der Waals surface area contributed by atoms with Crippen molar-refractivity contribution in [2.24, 2.45) is 0 Å². The number of benzene rings is 1. The average Bonchev–Trinajstić information content (AvgIpc) is 2.58. The van der Waals surface area contributed by atoms with Gasteiger partial charge in [-0.15, -0.1) is 0 Å². The van der Waals surface area contributed by atoms with Gasteiger partial charge in [-0.3, -0.25) is 0 Å². The summed E-state index contributed by atoms with van der Waals surface area (Å²) >= 11 is 0. The molecule has 1 aliphatic heterocycles. The number of hydrogen-bond donors (Lipinski definition) is 1. The summed E-state index contributed by atoms with van der Waals surface area (Å²) in [4.78, 5) is 11.4. The van der Waals surface area contributed by atoms with E-state index in [-0.39, 0.29) is 0 Å². The average molecular weight is 296 g/mol. The highest BCUT2D eigenvalue weighted by Crippen LogP contribution is 2.31. The topological polar surface area (TPSA) is 41.1 Å². The number of nitrogens with one attached hydrogen (secondary N) is 1. The van der Waals surface area contributed by atoms with Crippen molar-refractivity contribution in [3.05, 3.63) is 42.1 Å². The summed E-state index contributed by atoms with van der Waals surface area (Å²) in [5.41, 5.74) is 2.63. The Morgan fingerprint density at radius 2 is 2.09 bits per heavy atom. The number of rotatable bonds is 6. The molecule has 0 bridgehead atoms. The van der Waals surface area contributed by atoms with Crippen LogP contribution in [0.1, 0.15) is 38.2 Å². The fourth-order valence-electron chi connectivity index (χ4n) is 2.91. The molecular formula is C18H24N4. The molecule has 0 spiro atoms. The smallest absolute Gasteiger partial charge is 0.231 e. The first kappa shape index (κ1) is 14.8. The molecule has 1 aliphatic rings. The third-order valence-corrected chi connectivity index (χ3v) is 4.08. The lowest BCUT2D eigenvalue weighted by Gasteiger charge is -2.29. The van der Waals surface area contributed by atoms with Gasteiger partial charge in [0.05, 0.1) is 0 Å². The van der Waals surface area contributed by atoms with Gasteiger partial charge in [-0.2, -0.15) is 4.98 Å². The van der Waals surface area contributed by atoms with Crippen molar-refractivity contribution in [3.8, 4) is 0 Å². The Balaban J connectivity index is 1.75. The van der Waals surface area contributed by atoms with Gasteiger partial charge in [-0.05, 0) is 37.0 Å². The Hall–Kier alpha value is -2.10. The Morgan fingerprint density at radius 3 is 3.00 bits per heavy atom. The quantitative estimate of drug-likeness (QED) is 0.813. The minimum absolute atomic E-state index is 0.799. The largest absolute Gasteiger partial charge is 0.370 e. The van der Waals surface area contributed by atoms with Crippen LogP contribution in [-0.2, 0) is 6.42 Å². The summed E-state index contributed by atoms with van der Waals surface area (Å²) < 4.78 is 0. The van der Waals surface area contributed by atoms with Crippen LogP contribution in [-0.4, -0.2) is 23.1 Å². The van der Waals surface area contributed by atoms with E-state index in [1.165, 1.54) is 30.5 Å². The SMILES string of the molecule is CCCCCNc1ccnc(N2CCCc3ccccc32)n1. The third kappa shape index (κ3) is 3.38. The maximum atomic E-state index is 4.70. The van der Waals surface area contributed by atoms with E-state index in [1.54, 1.807) is 0 Å². The van der Waals surface area contributed by atoms with Gasteiger partial charge in [0.15, 0.2) is 0 Å². The zero-order chi connectivity index (χ0) is 15.2. The molecule has 2 heterocycles. The molecule has 0 radical (unpaired) electrons. The first-order valence-electron chi connectivity index (χ1n) is 8.31. The summed E-state index contributed by atoms with van der Waals surface area (Å²) in [6, 6.07) is 10.5. The van der Waals surface area contributed by atoms with E-state index in [9.17, 15) is 0 Å². The number of para-hydroxylation sites is 1. The van der Waals surface area contributed by atoms with Crippen LogP contribution >= 0.6 is 0 Å². The molecule has 3 rings (SSSR count). The van der Waals surface area contributed by atoms with Gasteiger partial charge in [0.1, 0.15) is 5.82 Å². The zero-order valence-corrected chi connectivity index (χ0v) is 13.3. The van der Waals surface area contributed by atoms with Crippen LogP contribution in [0.3, 0.4) is 0 Å². The second-order valence-electron chi connectivity index (χ2n) is 5.76. The molecule has 116 valence electrons. The Bertz CT molecular complexity index is 612. The molecule has 0 saturated heterocycles. The number of nitrogens with zero attached hydrogens (tertiary/aromatic N) is 3. The van der Waals surface area contributed by atoms with Crippen molar-refractivity contribution < 1.29 is 0 Å². The molecule has 0 atom stereocenters. The second-order valence-corrected chi connectivity index (χ2v) is 5.76. The minimum Gasteiger partial charge on any atom is -0.370 e. The molecule has 1 aromatic heterocycles. The normalized spacial score (nSPS) is 13.8. The summed E-state index contributed by atoms with van der Waals surface area (Å²) in [5.74, 6) is 1.72. The van der Waals surface area contributed by atoms with Crippen molar-refractivity contribution in [1.82, 2.24) is 9.97 Å². The summed E-state index contributed by atoms with van der Waals surface area (Å²) in [5, 5.41) is 3.41. The highest BCUT2D eigenvalue weighted by atomic mass is 15.3. The van der Waals surface area contributed by atoms with E-state index >= 15 is 0 Å². The van der Waals surface area contributed by atoms with E-state index in [2.05, 4.69) is 46.4 Å². The molecule has 0 saturated carbocycles. The number of unbranched alkanes of at least 4 members (excludes halogenated alkanes) is 2. The molecule has 22 heavy (non-hydrogen) atoms. The first-order chi connectivity index (χ1) is 10.9. The fourth-order valence-corrected chi connectivity index (χ4v) is 2.91. The van der Waals surface area contributed by atoms with E-state index in [0.29, 0.717) is 0 Å². The predicted molar refractivity (Wildman–Crippen MR) is 91.8 cm³/mol. The van der Waals surface area contributed by atoms with Crippen LogP contribution in [0.15, 0.2) is 36.5 Å². The predicted octanol–water partition coefficient (Wildman–Crippen LogP) is 4.16. The van der Waals surface area contributed by atoms with Gasteiger partial charge < -0.3 is 10.2 Å². The van der Waals surface area contributed by atoms with Crippen molar-refractivity contribution in [2.45, 2.75) is 39.0 Å². The lowest BCUT2D eigenvalue weighted by molar-refractivity contribution is 0.738. The molecule has 0 aliphatic carbocycles. The lowest BCUT2D eigenvalue weighted by Crippen LogP contribution is -2.26. The van der Waals surface area contributed by atoms with E-state index in [1.807, 2.05) is 12.3 Å². The van der Waals surface area contributed by atoms with Crippen LogP contribution in [0.25, 0.3) is 0 Å². The van der Waals surface area contributed by atoms with Gasteiger partial charge >= 0.3 is 0 Å². The lowest BCUT2D eigenvalue weighted by atomic mass is 10.0. The van der Waals surface area contributed by atoms with Gasteiger partial charge in [-0.25, -0.2) is 4.98 Å². The van der Waals surface area contributed by atoms with Crippen molar-refractivity contribution in [1.29, 1.82) is 0 Å². The number of aryl methyl sites for hydroxylation is 1. The van der Waals surface area contributed by atoms with Crippen LogP contribution in [0, 0.1) is 0 Å². The van der Waals surface area contributed by atoms with Gasteiger partial charge in [0.25, 0.3) is 0 Å². The van der Waals surface area contributed by atoms with Gasteiger partial charge in [0, 0.05) is 25.0 Å². The van der Waals surface area contributed by atoms with Crippen molar-refractivity contribution >= 4 is 17.5 Å². The van der Waals surface area contributed by atoms with Gasteiger partial charge in [0.2, 0.25) is 5.95 Å². The first-order valence-corrected chi connectivity index (χ1v) is 8.31. The maximum absolute atomic E-state index is 4.70. The highest BCUT2D eigenvalue weighted by molar-refractivity contribution is 5.64. The Morgan fingerprint density at radius 1 is 1.18 bits per heavy atom. The van der Waals surface area contributed by atoms with Crippen LogP contribution in [0.4, 0.5) is 17.5 Å². The fraction of sp³-hybridized carbons (Fsp3) is 0.444. The van der Waals surface area contributed by atoms with E-state index < -0.39 is 0 Å². The van der Waals surface area contributed by atoms with E-state index in [0.717, 1.165) is 37.7 Å². The molecule has 0 unspecified atom stereocenters. The van der Waals surface area contributed by atoms with Crippen LogP contribution in [0.5, 0.6) is 0 Å².